The molecule has 0 fully saturated rings. The quantitative estimate of drug-likeness (QED) is 0.784. The van der Waals surface area contributed by atoms with Gasteiger partial charge < -0.3 is 5.32 Å². The smallest absolute Gasteiger partial charge is 0.225 e. The van der Waals surface area contributed by atoms with Crippen LogP contribution in [0.5, 0.6) is 0 Å². The van der Waals surface area contributed by atoms with Crippen molar-refractivity contribution in [2.24, 2.45) is 5.92 Å². The van der Waals surface area contributed by atoms with Gasteiger partial charge in [0.25, 0.3) is 0 Å². The largest absolute Gasteiger partial charge is 0.353 e. The maximum absolute atomic E-state index is 12.1. The van der Waals surface area contributed by atoms with Crippen molar-refractivity contribution in [1.29, 1.82) is 0 Å². The molecular formula is C15H26N2O3S2. The maximum atomic E-state index is 12.1. The lowest BCUT2D eigenvalue weighted by atomic mass is 10.0. The molecule has 1 unspecified atom stereocenters. The average molecular weight is 347 g/mol. The van der Waals surface area contributed by atoms with Gasteiger partial charge in [0.1, 0.15) is 10.8 Å². The Morgan fingerprint density at radius 1 is 1.27 bits per heavy atom. The molecule has 0 aliphatic heterocycles. The van der Waals surface area contributed by atoms with Crippen LogP contribution in [-0.4, -0.2) is 31.6 Å². The zero-order chi connectivity index (χ0) is 16.9. The summed E-state index contributed by atoms with van der Waals surface area (Å²) in [5.41, 5.74) is 0.744. The van der Waals surface area contributed by atoms with Crippen molar-refractivity contribution in [3.8, 4) is 0 Å². The van der Waals surface area contributed by atoms with Gasteiger partial charge in [-0.1, -0.05) is 13.8 Å². The first-order valence-corrected chi connectivity index (χ1v) is 10.4. The summed E-state index contributed by atoms with van der Waals surface area (Å²) in [5.74, 6) is 0.529. The highest BCUT2D eigenvalue weighted by atomic mass is 32.2. The molecule has 0 saturated heterocycles. The van der Waals surface area contributed by atoms with Crippen molar-refractivity contribution >= 4 is 27.1 Å². The third kappa shape index (κ3) is 7.35. The van der Waals surface area contributed by atoms with Crippen LogP contribution in [0.2, 0.25) is 0 Å². The highest BCUT2D eigenvalue weighted by Gasteiger charge is 2.16. The van der Waals surface area contributed by atoms with E-state index >= 15 is 0 Å². The lowest BCUT2D eigenvalue weighted by molar-refractivity contribution is -0.121. The Bertz CT molecular complexity index is 606. The number of thiazole rings is 1. The van der Waals surface area contributed by atoms with E-state index in [9.17, 15) is 13.2 Å². The molecule has 126 valence electrons. The number of amides is 1. The minimum Gasteiger partial charge on any atom is -0.353 e. The van der Waals surface area contributed by atoms with Crippen LogP contribution < -0.4 is 5.32 Å². The SMILES string of the molecule is Cc1nc(CS(C)(=O)=O)sc1CC(=O)NC(C)CCC(C)C. The van der Waals surface area contributed by atoms with Crippen molar-refractivity contribution in [1.82, 2.24) is 10.3 Å². The van der Waals surface area contributed by atoms with Gasteiger partial charge >= 0.3 is 0 Å². The van der Waals surface area contributed by atoms with Gasteiger partial charge in [-0.15, -0.1) is 11.3 Å². The highest BCUT2D eigenvalue weighted by Crippen LogP contribution is 2.20. The van der Waals surface area contributed by atoms with E-state index in [2.05, 4.69) is 24.1 Å². The lowest BCUT2D eigenvalue weighted by Gasteiger charge is -2.14. The molecule has 1 atom stereocenters. The fraction of sp³-hybridized carbons (Fsp3) is 0.733. The minimum absolute atomic E-state index is 0.0334. The van der Waals surface area contributed by atoms with Gasteiger partial charge in [-0.05, 0) is 32.6 Å². The van der Waals surface area contributed by atoms with Crippen molar-refractivity contribution in [2.75, 3.05) is 6.26 Å². The van der Waals surface area contributed by atoms with Crippen LogP contribution in [0.3, 0.4) is 0 Å². The summed E-state index contributed by atoms with van der Waals surface area (Å²) in [6.45, 7) is 8.15. The van der Waals surface area contributed by atoms with E-state index in [1.807, 2.05) is 13.8 Å². The molecule has 0 aliphatic carbocycles. The Labute approximate surface area is 137 Å². The number of hydrogen-bond acceptors (Lipinski definition) is 5. The summed E-state index contributed by atoms with van der Waals surface area (Å²) >= 11 is 1.31. The molecule has 22 heavy (non-hydrogen) atoms. The van der Waals surface area contributed by atoms with E-state index in [0.29, 0.717) is 10.9 Å². The second-order valence-electron chi connectivity index (χ2n) is 6.30. The van der Waals surface area contributed by atoms with Crippen LogP contribution in [-0.2, 0) is 26.8 Å². The first kappa shape index (κ1) is 19.1. The highest BCUT2D eigenvalue weighted by molar-refractivity contribution is 7.90. The number of aromatic nitrogens is 1. The Morgan fingerprint density at radius 2 is 1.91 bits per heavy atom. The molecule has 1 amide bonds. The zero-order valence-electron chi connectivity index (χ0n) is 14.0. The third-order valence-corrected chi connectivity index (χ3v) is 5.37. The van der Waals surface area contributed by atoms with Gasteiger partial charge in [0.05, 0.1) is 12.1 Å². The normalized spacial score (nSPS) is 13.4. The molecular weight excluding hydrogens is 320 g/mol. The molecule has 7 heteroatoms. The van der Waals surface area contributed by atoms with Crippen LogP contribution in [0, 0.1) is 12.8 Å². The number of nitrogens with zero attached hydrogens (tertiary/aromatic N) is 1. The minimum atomic E-state index is -3.10. The number of hydrogen-bond donors (Lipinski definition) is 1. The molecule has 0 saturated carbocycles. The van der Waals surface area contributed by atoms with Crippen molar-refractivity contribution < 1.29 is 13.2 Å². The van der Waals surface area contributed by atoms with Crippen molar-refractivity contribution in [2.45, 2.75) is 58.8 Å². The van der Waals surface area contributed by atoms with E-state index in [-0.39, 0.29) is 24.1 Å². The fourth-order valence-corrected chi connectivity index (χ4v) is 4.32. The van der Waals surface area contributed by atoms with Gasteiger partial charge in [0.2, 0.25) is 5.91 Å². The van der Waals surface area contributed by atoms with Gasteiger partial charge in [-0.3, -0.25) is 4.79 Å². The molecule has 1 aromatic rings. The predicted octanol–water partition coefficient (Wildman–Crippen LogP) is 2.48. The topological polar surface area (TPSA) is 76.1 Å². The van der Waals surface area contributed by atoms with Gasteiger partial charge in [-0.25, -0.2) is 13.4 Å². The van der Waals surface area contributed by atoms with E-state index in [4.69, 9.17) is 0 Å². The van der Waals surface area contributed by atoms with Crippen LogP contribution in [0.25, 0.3) is 0 Å². The van der Waals surface area contributed by atoms with Crippen molar-refractivity contribution in [3.63, 3.8) is 0 Å². The maximum Gasteiger partial charge on any atom is 0.225 e. The molecule has 1 aromatic heterocycles. The third-order valence-electron chi connectivity index (χ3n) is 3.23. The van der Waals surface area contributed by atoms with Crippen molar-refractivity contribution in [3.05, 3.63) is 15.6 Å². The van der Waals surface area contributed by atoms with E-state index in [0.717, 1.165) is 23.4 Å². The van der Waals surface area contributed by atoms with E-state index in [1.165, 1.54) is 17.6 Å². The Balaban J connectivity index is 2.57. The molecule has 0 aliphatic rings. The second kappa shape index (κ2) is 8.06. The first-order chi connectivity index (χ1) is 10.1. The first-order valence-electron chi connectivity index (χ1n) is 7.49. The van der Waals surface area contributed by atoms with Crippen LogP contribution in [0.4, 0.5) is 0 Å². The molecule has 5 nitrogen and oxygen atoms in total. The predicted molar refractivity (Wildman–Crippen MR) is 90.8 cm³/mol. The Kier molecular flexibility index (Phi) is 6.99. The summed E-state index contributed by atoms with van der Waals surface area (Å²) in [7, 11) is -3.10. The molecule has 1 heterocycles. The van der Waals surface area contributed by atoms with Crippen LogP contribution >= 0.6 is 11.3 Å². The molecule has 0 radical (unpaired) electrons. The number of nitrogens with one attached hydrogen (secondary N) is 1. The molecule has 0 bridgehead atoms. The van der Waals surface area contributed by atoms with Gasteiger partial charge in [0.15, 0.2) is 9.84 Å². The van der Waals surface area contributed by atoms with E-state index in [1.54, 1.807) is 0 Å². The monoisotopic (exact) mass is 346 g/mol. The number of sulfone groups is 1. The van der Waals surface area contributed by atoms with Crippen LogP contribution in [0.15, 0.2) is 0 Å². The zero-order valence-corrected chi connectivity index (χ0v) is 15.6. The number of rotatable bonds is 8. The molecule has 1 N–H and O–H groups in total. The standard InChI is InChI=1S/C15H26N2O3S2/c1-10(2)6-7-11(3)16-14(18)8-13-12(4)17-15(21-13)9-22(5,19)20/h10-11H,6-9H2,1-5H3,(H,16,18). The fourth-order valence-electron chi connectivity index (χ4n) is 2.07. The number of aryl methyl sites for hydroxylation is 1. The summed E-state index contributed by atoms with van der Waals surface area (Å²) in [4.78, 5) is 17.2. The summed E-state index contributed by atoms with van der Waals surface area (Å²) in [6, 6.07) is 0.151. The molecule has 1 rings (SSSR count). The van der Waals surface area contributed by atoms with Gasteiger partial charge in [0, 0.05) is 17.2 Å². The summed E-state index contributed by atoms with van der Waals surface area (Å²) in [5, 5.41) is 3.54. The van der Waals surface area contributed by atoms with Crippen LogP contribution in [0.1, 0.15) is 49.2 Å². The second-order valence-corrected chi connectivity index (χ2v) is 9.61. The van der Waals surface area contributed by atoms with Gasteiger partial charge in [-0.2, -0.15) is 0 Å². The summed E-state index contributed by atoms with van der Waals surface area (Å²) in [6.07, 6.45) is 3.50. The van der Waals surface area contributed by atoms with E-state index < -0.39 is 9.84 Å². The molecule has 0 spiro atoms. The average Bonchev–Trinajstić information content (AvgIpc) is 2.64. The Morgan fingerprint density at radius 3 is 2.45 bits per heavy atom. The number of carbonyl (C=O) groups excluding carboxylic acids is 1. The number of carbonyl (C=O) groups is 1. The Hall–Kier alpha value is -0.950. The molecule has 0 aromatic carbocycles. The summed E-state index contributed by atoms with van der Waals surface area (Å²) < 4.78 is 22.6. The lowest BCUT2D eigenvalue weighted by Crippen LogP contribution is -2.33.